The van der Waals surface area contributed by atoms with Crippen molar-refractivity contribution in [2.45, 2.75) is 26.7 Å². The summed E-state index contributed by atoms with van der Waals surface area (Å²) in [4.78, 5) is 0. The maximum Gasteiger partial charge on any atom is 0.0350 e. The number of hydrogen-bond donors (Lipinski definition) is 1. The fourth-order valence-corrected chi connectivity index (χ4v) is 1.93. The molecule has 1 aromatic carbocycles. The normalized spacial score (nSPS) is 10.2. The van der Waals surface area contributed by atoms with E-state index in [0.29, 0.717) is 0 Å². The SMILES string of the molecule is CCc1cc(Br)c(CC)cc1N. The second-order valence-corrected chi connectivity index (χ2v) is 3.70. The average Bonchev–Trinajstić information content (AvgIpc) is 2.08. The molecule has 1 aromatic rings. The van der Waals surface area contributed by atoms with E-state index in [2.05, 4.69) is 41.9 Å². The van der Waals surface area contributed by atoms with Gasteiger partial charge in [-0.15, -0.1) is 0 Å². The van der Waals surface area contributed by atoms with Gasteiger partial charge in [-0.2, -0.15) is 0 Å². The number of aryl methyl sites for hydroxylation is 2. The highest BCUT2D eigenvalue weighted by Crippen LogP contribution is 2.24. The van der Waals surface area contributed by atoms with E-state index in [9.17, 15) is 0 Å². The van der Waals surface area contributed by atoms with Crippen molar-refractivity contribution in [1.82, 2.24) is 0 Å². The van der Waals surface area contributed by atoms with Crippen LogP contribution in [0.1, 0.15) is 25.0 Å². The summed E-state index contributed by atoms with van der Waals surface area (Å²) < 4.78 is 1.18. The maximum atomic E-state index is 5.86. The van der Waals surface area contributed by atoms with Gasteiger partial charge >= 0.3 is 0 Å². The molecule has 0 aliphatic carbocycles. The molecule has 0 spiro atoms. The number of hydrogen-bond acceptors (Lipinski definition) is 1. The number of nitrogen functional groups attached to an aromatic ring is 1. The van der Waals surface area contributed by atoms with Crippen LogP contribution in [0.5, 0.6) is 0 Å². The van der Waals surface area contributed by atoms with E-state index < -0.39 is 0 Å². The van der Waals surface area contributed by atoms with Crippen molar-refractivity contribution in [3.05, 3.63) is 27.7 Å². The van der Waals surface area contributed by atoms with E-state index >= 15 is 0 Å². The van der Waals surface area contributed by atoms with Crippen molar-refractivity contribution in [3.63, 3.8) is 0 Å². The van der Waals surface area contributed by atoms with Crippen molar-refractivity contribution in [1.29, 1.82) is 0 Å². The average molecular weight is 228 g/mol. The second kappa shape index (κ2) is 3.94. The van der Waals surface area contributed by atoms with Crippen molar-refractivity contribution in [3.8, 4) is 0 Å². The topological polar surface area (TPSA) is 26.0 Å². The molecule has 0 amide bonds. The molecule has 0 atom stereocenters. The molecule has 0 saturated carbocycles. The van der Waals surface area contributed by atoms with Crippen molar-refractivity contribution < 1.29 is 0 Å². The van der Waals surface area contributed by atoms with Gasteiger partial charge in [-0.1, -0.05) is 29.8 Å². The van der Waals surface area contributed by atoms with Gasteiger partial charge in [-0.3, -0.25) is 0 Å². The minimum Gasteiger partial charge on any atom is -0.398 e. The summed E-state index contributed by atoms with van der Waals surface area (Å²) >= 11 is 3.53. The summed E-state index contributed by atoms with van der Waals surface area (Å²) in [6.45, 7) is 4.24. The molecular formula is C10H14BrN. The van der Waals surface area contributed by atoms with Gasteiger partial charge in [-0.25, -0.2) is 0 Å². The summed E-state index contributed by atoms with van der Waals surface area (Å²) in [5, 5.41) is 0. The van der Waals surface area contributed by atoms with Crippen LogP contribution >= 0.6 is 15.9 Å². The van der Waals surface area contributed by atoms with Crippen molar-refractivity contribution in [2.24, 2.45) is 0 Å². The Morgan fingerprint density at radius 1 is 1.17 bits per heavy atom. The minimum atomic E-state index is 0.914. The number of nitrogens with two attached hydrogens (primary N) is 1. The summed E-state index contributed by atoms with van der Waals surface area (Å²) in [5.74, 6) is 0. The van der Waals surface area contributed by atoms with Crippen LogP contribution in [0, 0.1) is 0 Å². The molecule has 2 heteroatoms. The van der Waals surface area contributed by atoms with Crippen LogP contribution in [0.2, 0.25) is 0 Å². The molecule has 12 heavy (non-hydrogen) atoms. The summed E-state index contributed by atoms with van der Waals surface area (Å²) in [5.41, 5.74) is 9.27. The van der Waals surface area contributed by atoms with Gasteiger partial charge in [-0.05, 0) is 36.1 Å². The monoisotopic (exact) mass is 227 g/mol. The lowest BCUT2D eigenvalue weighted by molar-refractivity contribution is 1.09. The highest BCUT2D eigenvalue weighted by atomic mass is 79.9. The highest BCUT2D eigenvalue weighted by Gasteiger charge is 2.02. The molecule has 0 aliphatic rings. The predicted molar refractivity (Wildman–Crippen MR) is 57.3 cm³/mol. The van der Waals surface area contributed by atoms with Gasteiger partial charge < -0.3 is 5.73 Å². The molecule has 0 saturated heterocycles. The number of halogens is 1. The molecular weight excluding hydrogens is 214 g/mol. The lowest BCUT2D eigenvalue weighted by Crippen LogP contribution is -1.95. The van der Waals surface area contributed by atoms with Crippen LogP contribution in [0.3, 0.4) is 0 Å². The zero-order chi connectivity index (χ0) is 9.14. The van der Waals surface area contributed by atoms with Crippen LogP contribution in [0.15, 0.2) is 16.6 Å². The van der Waals surface area contributed by atoms with E-state index in [1.807, 2.05) is 0 Å². The van der Waals surface area contributed by atoms with Gasteiger partial charge in [0.1, 0.15) is 0 Å². The van der Waals surface area contributed by atoms with E-state index in [4.69, 9.17) is 5.73 Å². The first-order chi connectivity index (χ1) is 5.69. The Bertz CT molecular complexity index is 252. The first-order valence-electron chi connectivity index (χ1n) is 4.25. The molecule has 66 valence electrons. The van der Waals surface area contributed by atoms with Crippen LogP contribution < -0.4 is 5.73 Å². The number of benzene rings is 1. The van der Waals surface area contributed by atoms with E-state index in [-0.39, 0.29) is 0 Å². The molecule has 0 aliphatic heterocycles. The predicted octanol–water partition coefficient (Wildman–Crippen LogP) is 3.16. The van der Waals surface area contributed by atoms with E-state index in [1.54, 1.807) is 0 Å². The Kier molecular flexibility index (Phi) is 3.15. The third kappa shape index (κ3) is 1.81. The molecule has 0 heterocycles. The first-order valence-corrected chi connectivity index (χ1v) is 5.05. The molecule has 0 unspecified atom stereocenters. The van der Waals surface area contributed by atoms with Gasteiger partial charge in [0.15, 0.2) is 0 Å². The lowest BCUT2D eigenvalue weighted by atomic mass is 10.1. The van der Waals surface area contributed by atoms with Crippen molar-refractivity contribution >= 4 is 21.6 Å². The third-order valence-electron chi connectivity index (χ3n) is 2.07. The zero-order valence-electron chi connectivity index (χ0n) is 7.52. The number of rotatable bonds is 2. The van der Waals surface area contributed by atoms with Crippen LogP contribution in [-0.4, -0.2) is 0 Å². The fraction of sp³-hybridized carbons (Fsp3) is 0.400. The van der Waals surface area contributed by atoms with Gasteiger partial charge in [0, 0.05) is 10.2 Å². The molecule has 0 radical (unpaired) electrons. The quantitative estimate of drug-likeness (QED) is 0.773. The molecule has 1 rings (SSSR count). The largest absolute Gasteiger partial charge is 0.398 e. The zero-order valence-corrected chi connectivity index (χ0v) is 9.11. The second-order valence-electron chi connectivity index (χ2n) is 2.85. The molecule has 0 aromatic heterocycles. The molecule has 1 nitrogen and oxygen atoms in total. The van der Waals surface area contributed by atoms with Crippen LogP contribution in [0.4, 0.5) is 5.69 Å². The fourth-order valence-electron chi connectivity index (χ4n) is 1.26. The Balaban J connectivity index is 3.16. The van der Waals surface area contributed by atoms with E-state index in [1.165, 1.54) is 15.6 Å². The molecule has 0 bridgehead atoms. The standard InChI is InChI=1S/C10H14BrN/c1-3-7-6-10(12)8(4-2)5-9(7)11/h5-6H,3-4,12H2,1-2H3. The Morgan fingerprint density at radius 2 is 1.75 bits per heavy atom. The molecule has 0 fully saturated rings. The van der Waals surface area contributed by atoms with Crippen LogP contribution in [-0.2, 0) is 12.8 Å². The summed E-state index contributed by atoms with van der Waals surface area (Å²) in [7, 11) is 0. The minimum absolute atomic E-state index is 0.914. The van der Waals surface area contributed by atoms with Crippen molar-refractivity contribution in [2.75, 3.05) is 5.73 Å². The Morgan fingerprint density at radius 3 is 2.25 bits per heavy atom. The van der Waals surface area contributed by atoms with Crippen LogP contribution in [0.25, 0.3) is 0 Å². The summed E-state index contributed by atoms with van der Waals surface area (Å²) in [6, 6.07) is 4.18. The smallest absolute Gasteiger partial charge is 0.0350 e. The van der Waals surface area contributed by atoms with E-state index in [0.717, 1.165) is 18.5 Å². The van der Waals surface area contributed by atoms with Gasteiger partial charge in [0.05, 0.1) is 0 Å². The Labute approximate surface area is 82.1 Å². The lowest BCUT2D eigenvalue weighted by Gasteiger charge is -2.07. The summed E-state index contributed by atoms with van der Waals surface area (Å²) in [6.07, 6.45) is 2.02. The van der Waals surface area contributed by atoms with Gasteiger partial charge in [0.2, 0.25) is 0 Å². The maximum absolute atomic E-state index is 5.86. The first kappa shape index (κ1) is 9.59. The Hall–Kier alpha value is -0.500. The third-order valence-corrected chi connectivity index (χ3v) is 2.81. The highest BCUT2D eigenvalue weighted by molar-refractivity contribution is 9.10. The molecule has 2 N–H and O–H groups in total. The van der Waals surface area contributed by atoms with Gasteiger partial charge in [0.25, 0.3) is 0 Å². The number of anilines is 1.